The molecule has 0 bridgehead atoms. The van der Waals surface area contributed by atoms with E-state index in [4.69, 9.17) is 5.73 Å². The van der Waals surface area contributed by atoms with E-state index in [0.29, 0.717) is 11.8 Å². The van der Waals surface area contributed by atoms with Crippen molar-refractivity contribution in [2.45, 2.75) is 19.8 Å². The minimum absolute atomic E-state index is 0.549. The van der Waals surface area contributed by atoms with Gasteiger partial charge in [0.15, 0.2) is 0 Å². The quantitative estimate of drug-likeness (QED) is 0.751. The third-order valence-corrected chi connectivity index (χ3v) is 3.10. The number of hydrogen-bond donors (Lipinski definition) is 1. The molecule has 2 unspecified atom stereocenters. The molecule has 0 saturated heterocycles. The number of nitrogens with zero attached hydrogens (tertiary/aromatic N) is 1. The summed E-state index contributed by atoms with van der Waals surface area (Å²) >= 11 is 1.71. The van der Waals surface area contributed by atoms with Gasteiger partial charge in [-0.1, -0.05) is 13.8 Å². The van der Waals surface area contributed by atoms with Gasteiger partial charge in [-0.15, -0.1) is 11.3 Å². The van der Waals surface area contributed by atoms with Gasteiger partial charge in [-0.3, -0.25) is 4.98 Å². The van der Waals surface area contributed by atoms with Crippen molar-refractivity contribution in [2.75, 3.05) is 6.54 Å². The normalized spacial score (nSPS) is 16.3. The van der Waals surface area contributed by atoms with Gasteiger partial charge in [-0.2, -0.15) is 0 Å². The number of hydrogen-bond acceptors (Lipinski definition) is 3. The fourth-order valence-electron chi connectivity index (χ4n) is 0.935. The molecule has 11 heavy (non-hydrogen) atoms. The van der Waals surface area contributed by atoms with Crippen LogP contribution in [-0.4, -0.2) is 11.5 Å². The molecule has 0 saturated carbocycles. The smallest absolute Gasteiger partial charge is 0.0794 e. The summed E-state index contributed by atoms with van der Waals surface area (Å²) in [5.74, 6) is 1.10. The molecule has 1 rings (SSSR count). The highest BCUT2D eigenvalue weighted by molar-refractivity contribution is 7.09. The summed E-state index contributed by atoms with van der Waals surface area (Å²) in [7, 11) is 0. The molecule has 0 aliphatic rings. The van der Waals surface area contributed by atoms with Gasteiger partial charge in [0.2, 0.25) is 0 Å². The maximum absolute atomic E-state index is 5.56. The van der Waals surface area contributed by atoms with Crippen molar-refractivity contribution in [3.05, 3.63) is 16.6 Å². The van der Waals surface area contributed by atoms with Crippen molar-refractivity contribution in [2.24, 2.45) is 11.7 Å². The number of rotatable bonds is 3. The average molecular weight is 170 g/mol. The molecule has 2 N–H and O–H groups in total. The van der Waals surface area contributed by atoms with Gasteiger partial charge in [-0.05, 0) is 18.4 Å². The molecule has 1 aromatic heterocycles. The van der Waals surface area contributed by atoms with E-state index < -0.39 is 0 Å². The average Bonchev–Trinajstić information content (AvgIpc) is 2.53. The van der Waals surface area contributed by atoms with E-state index in [1.165, 1.54) is 4.88 Å². The van der Waals surface area contributed by atoms with Crippen LogP contribution in [0.1, 0.15) is 24.6 Å². The van der Waals surface area contributed by atoms with Crippen molar-refractivity contribution >= 4 is 11.3 Å². The van der Waals surface area contributed by atoms with Crippen LogP contribution < -0.4 is 5.73 Å². The molecular formula is C8H14N2S. The van der Waals surface area contributed by atoms with Crippen molar-refractivity contribution in [3.63, 3.8) is 0 Å². The van der Waals surface area contributed by atoms with Crippen molar-refractivity contribution in [1.82, 2.24) is 4.98 Å². The SMILES string of the molecule is CC(CN)C(C)c1cncs1. The summed E-state index contributed by atoms with van der Waals surface area (Å²) in [5.41, 5.74) is 7.43. The lowest BCUT2D eigenvalue weighted by atomic mass is 9.95. The van der Waals surface area contributed by atoms with Gasteiger partial charge in [0.25, 0.3) is 0 Å². The molecular weight excluding hydrogens is 156 g/mol. The highest BCUT2D eigenvalue weighted by Crippen LogP contribution is 2.25. The Hall–Kier alpha value is -0.410. The van der Waals surface area contributed by atoms with E-state index in [-0.39, 0.29) is 0 Å². The Morgan fingerprint density at radius 1 is 1.64 bits per heavy atom. The summed E-state index contributed by atoms with van der Waals surface area (Å²) in [6, 6.07) is 0. The largest absolute Gasteiger partial charge is 0.330 e. The van der Waals surface area contributed by atoms with E-state index >= 15 is 0 Å². The second-order valence-corrected chi connectivity index (χ2v) is 3.82. The third-order valence-electron chi connectivity index (χ3n) is 2.13. The molecule has 2 nitrogen and oxygen atoms in total. The predicted molar refractivity (Wildman–Crippen MR) is 48.7 cm³/mol. The van der Waals surface area contributed by atoms with Crippen LogP contribution in [0.4, 0.5) is 0 Å². The lowest BCUT2D eigenvalue weighted by Gasteiger charge is -2.15. The van der Waals surface area contributed by atoms with Gasteiger partial charge in [0, 0.05) is 11.1 Å². The standard InChI is InChI=1S/C8H14N2S/c1-6(3-9)7(2)8-4-10-5-11-8/h4-7H,3,9H2,1-2H3. The van der Waals surface area contributed by atoms with E-state index in [1.807, 2.05) is 11.7 Å². The number of thiazole rings is 1. The van der Waals surface area contributed by atoms with Crippen LogP contribution in [0.5, 0.6) is 0 Å². The Balaban J connectivity index is 2.62. The Morgan fingerprint density at radius 2 is 2.36 bits per heavy atom. The highest BCUT2D eigenvalue weighted by atomic mass is 32.1. The maximum atomic E-state index is 5.56. The topological polar surface area (TPSA) is 38.9 Å². The van der Waals surface area contributed by atoms with Crippen LogP contribution in [0.25, 0.3) is 0 Å². The molecule has 0 radical (unpaired) electrons. The summed E-state index contributed by atoms with van der Waals surface area (Å²) < 4.78 is 0. The number of aromatic nitrogens is 1. The molecule has 1 heterocycles. The van der Waals surface area contributed by atoms with Crippen LogP contribution in [0.2, 0.25) is 0 Å². The van der Waals surface area contributed by atoms with E-state index in [2.05, 4.69) is 18.8 Å². The van der Waals surface area contributed by atoms with Gasteiger partial charge in [-0.25, -0.2) is 0 Å². The second kappa shape index (κ2) is 3.83. The van der Waals surface area contributed by atoms with E-state index in [9.17, 15) is 0 Å². The van der Waals surface area contributed by atoms with Crippen LogP contribution in [0.15, 0.2) is 11.7 Å². The van der Waals surface area contributed by atoms with Gasteiger partial charge in [0.1, 0.15) is 0 Å². The Morgan fingerprint density at radius 3 is 2.82 bits per heavy atom. The second-order valence-electron chi connectivity index (χ2n) is 2.91. The first-order chi connectivity index (χ1) is 5.25. The molecule has 0 fully saturated rings. The molecule has 0 aliphatic carbocycles. The highest BCUT2D eigenvalue weighted by Gasteiger charge is 2.13. The van der Waals surface area contributed by atoms with Crippen LogP contribution in [0.3, 0.4) is 0 Å². The van der Waals surface area contributed by atoms with Crippen molar-refractivity contribution in [3.8, 4) is 0 Å². The fraction of sp³-hybridized carbons (Fsp3) is 0.625. The zero-order valence-electron chi connectivity index (χ0n) is 6.95. The minimum atomic E-state index is 0.549. The van der Waals surface area contributed by atoms with Gasteiger partial charge in [0.05, 0.1) is 5.51 Å². The van der Waals surface area contributed by atoms with Crippen molar-refractivity contribution < 1.29 is 0 Å². The van der Waals surface area contributed by atoms with Gasteiger partial charge < -0.3 is 5.73 Å². The first-order valence-corrected chi connectivity index (χ1v) is 4.72. The Bertz CT molecular complexity index is 196. The third kappa shape index (κ3) is 2.01. The summed E-state index contributed by atoms with van der Waals surface area (Å²) in [6.45, 7) is 5.12. The summed E-state index contributed by atoms with van der Waals surface area (Å²) in [4.78, 5) is 5.37. The van der Waals surface area contributed by atoms with E-state index in [0.717, 1.165) is 6.54 Å². The number of nitrogens with two attached hydrogens (primary N) is 1. The van der Waals surface area contributed by atoms with Crippen LogP contribution in [0, 0.1) is 5.92 Å². The molecule has 3 heteroatoms. The molecule has 0 spiro atoms. The lowest BCUT2D eigenvalue weighted by Crippen LogP contribution is -2.16. The zero-order valence-corrected chi connectivity index (χ0v) is 7.77. The van der Waals surface area contributed by atoms with Crippen LogP contribution >= 0.6 is 11.3 Å². The molecule has 62 valence electrons. The molecule has 0 amide bonds. The Kier molecular flexibility index (Phi) is 3.02. The minimum Gasteiger partial charge on any atom is -0.330 e. The van der Waals surface area contributed by atoms with Gasteiger partial charge >= 0.3 is 0 Å². The van der Waals surface area contributed by atoms with E-state index in [1.54, 1.807) is 11.3 Å². The van der Waals surface area contributed by atoms with Crippen LogP contribution in [-0.2, 0) is 0 Å². The zero-order chi connectivity index (χ0) is 8.27. The monoisotopic (exact) mass is 170 g/mol. The maximum Gasteiger partial charge on any atom is 0.0794 e. The van der Waals surface area contributed by atoms with Crippen molar-refractivity contribution in [1.29, 1.82) is 0 Å². The summed E-state index contributed by atoms with van der Waals surface area (Å²) in [5, 5.41) is 0. The fourth-order valence-corrected chi connectivity index (χ4v) is 1.75. The molecule has 1 aromatic rings. The summed E-state index contributed by atoms with van der Waals surface area (Å²) in [6.07, 6.45) is 1.93. The predicted octanol–water partition coefficient (Wildman–Crippen LogP) is 1.84. The molecule has 0 aromatic carbocycles. The first-order valence-electron chi connectivity index (χ1n) is 3.84. The first kappa shape index (κ1) is 8.68. The lowest BCUT2D eigenvalue weighted by molar-refractivity contribution is 0.504. The Labute approximate surface area is 71.5 Å². The molecule has 2 atom stereocenters. The molecule has 0 aliphatic heterocycles.